The Balaban J connectivity index is 1.17. The lowest BCUT2D eigenvalue weighted by Crippen LogP contribution is -2.42. The Morgan fingerprint density at radius 2 is 1.55 bits per heavy atom. The summed E-state index contributed by atoms with van der Waals surface area (Å²) in [5, 5.41) is 20.9. The van der Waals surface area contributed by atoms with E-state index in [1.807, 2.05) is 48.8 Å². The minimum absolute atomic E-state index is 0.0347. The van der Waals surface area contributed by atoms with Gasteiger partial charge < -0.3 is 32.0 Å². The normalized spacial score (nSPS) is 14.4. The van der Waals surface area contributed by atoms with Crippen LogP contribution < -0.4 is 32.0 Å². The molecule has 0 unspecified atom stereocenters. The minimum Gasteiger partial charge on any atom is -0.494 e. The Labute approximate surface area is 325 Å². The highest BCUT2D eigenvalue weighted by atomic mass is 16.5. The van der Waals surface area contributed by atoms with Gasteiger partial charge in [-0.25, -0.2) is 4.68 Å². The molecule has 2 aromatic heterocycles. The smallest absolute Gasteiger partial charge is 0.245 e. The average molecular weight is 756 g/mol. The number of nitrogens with two attached hydrogens (primary N) is 3. The molecule has 0 spiro atoms. The summed E-state index contributed by atoms with van der Waals surface area (Å²) in [6.07, 6.45) is 15.6. The summed E-state index contributed by atoms with van der Waals surface area (Å²) in [7, 11) is 0. The predicted octanol–water partition coefficient (Wildman–Crippen LogP) is 5.57. The maximum atomic E-state index is 14.0. The second-order valence-corrected chi connectivity index (χ2v) is 15.2. The second-order valence-electron chi connectivity index (χ2n) is 15.2. The Kier molecular flexibility index (Phi) is 16.3. The summed E-state index contributed by atoms with van der Waals surface area (Å²) in [6, 6.07) is 15.4. The van der Waals surface area contributed by atoms with Crippen LogP contribution in [0.4, 0.5) is 0 Å². The molecule has 0 saturated heterocycles. The third-order valence-electron chi connectivity index (χ3n) is 10.1. The van der Waals surface area contributed by atoms with E-state index in [1.54, 1.807) is 9.36 Å². The van der Waals surface area contributed by atoms with Crippen LogP contribution in [-0.4, -0.2) is 67.6 Å². The van der Waals surface area contributed by atoms with Crippen molar-refractivity contribution in [2.24, 2.45) is 34.0 Å². The van der Waals surface area contributed by atoms with Gasteiger partial charge in [-0.15, -0.1) is 10.2 Å². The first-order chi connectivity index (χ1) is 26.7. The summed E-state index contributed by atoms with van der Waals surface area (Å²) in [6.45, 7) is 6.83. The molecule has 14 nitrogen and oxygen atoms in total. The Morgan fingerprint density at radius 3 is 2.22 bits per heavy atom. The molecule has 0 bridgehead atoms. The van der Waals surface area contributed by atoms with Crippen LogP contribution in [-0.2, 0) is 24.4 Å². The largest absolute Gasteiger partial charge is 0.494 e. The van der Waals surface area contributed by atoms with Crippen LogP contribution in [0.25, 0.3) is 11.1 Å². The predicted molar refractivity (Wildman–Crippen MR) is 215 cm³/mol. The zero-order valence-corrected chi connectivity index (χ0v) is 32.7. The van der Waals surface area contributed by atoms with Gasteiger partial charge in [0.15, 0.2) is 5.96 Å². The number of nitrogens with zero attached hydrogens (tertiary/aromatic N) is 7. The van der Waals surface area contributed by atoms with E-state index in [4.69, 9.17) is 26.7 Å². The maximum absolute atomic E-state index is 14.0. The first-order valence-corrected chi connectivity index (χ1v) is 20.1. The monoisotopic (exact) mass is 755 g/mol. The molecule has 5 rings (SSSR count). The Hall–Kier alpha value is -4.98. The molecule has 2 heterocycles. The van der Waals surface area contributed by atoms with Crippen molar-refractivity contribution in [3.63, 3.8) is 0 Å². The van der Waals surface area contributed by atoms with Crippen LogP contribution in [0, 0.1) is 11.8 Å². The molecular weight excluding hydrogens is 695 g/mol. The number of aromatic nitrogens is 6. The first kappa shape index (κ1) is 41.2. The number of nitrogens with one attached hydrogen (secondary N) is 1. The lowest BCUT2D eigenvalue weighted by atomic mass is 9.86. The van der Waals surface area contributed by atoms with Crippen LogP contribution in [0.2, 0.25) is 0 Å². The number of unbranched alkanes of at least 4 members (excludes halogenated alkanes) is 1. The van der Waals surface area contributed by atoms with Crippen LogP contribution >= 0.6 is 0 Å². The fourth-order valence-corrected chi connectivity index (χ4v) is 6.94. The first-order valence-electron chi connectivity index (χ1n) is 20.1. The standard InChI is InChI=1S/C41H61N11O3/c1-30(2)21-24-54-37-17-13-32(14-18-37)33-15-19-38(20-16-33)55-29-36-27-51(49-48-36)26-34(11-6-7-22-42)46-40(53)39(12-8-23-45-41(43)44)52-28-35(47-50-52)25-31-9-4-3-5-10-31/h13-20,27-28,30-31,34,39H,3-12,21-26,29,42H2,1-2H3,(H,46,53)(H4,43,44,45)/t34-,39-/m1/s1. The third-order valence-corrected chi connectivity index (χ3v) is 10.1. The molecule has 1 amide bonds. The number of carbonyl (C=O) groups excluding carboxylic acids is 1. The number of ether oxygens (including phenoxy) is 2. The van der Waals surface area contributed by atoms with E-state index in [0.29, 0.717) is 50.0 Å². The molecule has 1 aliphatic carbocycles. The molecule has 4 aromatic rings. The van der Waals surface area contributed by atoms with Crippen LogP contribution in [0.3, 0.4) is 0 Å². The zero-order valence-electron chi connectivity index (χ0n) is 32.7. The highest BCUT2D eigenvalue weighted by Crippen LogP contribution is 2.27. The molecule has 2 aromatic carbocycles. The van der Waals surface area contributed by atoms with Crippen molar-refractivity contribution in [1.29, 1.82) is 0 Å². The molecular formula is C41H61N11O3. The molecule has 0 aliphatic heterocycles. The SMILES string of the molecule is CC(C)CCOc1ccc(-c2ccc(OCc3cn(C[C@@H](CCCCN)NC(=O)[C@@H](CCCN=C(N)N)n4cc(CC5CCCCC5)nn4)nn3)cc2)cc1. The van der Waals surface area contributed by atoms with Crippen molar-refractivity contribution in [3.8, 4) is 22.6 Å². The summed E-state index contributed by atoms with van der Waals surface area (Å²) >= 11 is 0. The minimum atomic E-state index is -0.558. The number of amides is 1. The van der Waals surface area contributed by atoms with Gasteiger partial charge in [-0.1, -0.05) is 87.1 Å². The van der Waals surface area contributed by atoms with Crippen LogP contribution in [0.15, 0.2) is 65.9 Å². The fourth-order valence-electron chi connectivity index (χ4n) is 6.94. The molecule has 1 saturated carbocycles. The van der Waals surface area contributed by atoms with E-state index in [0.717, 1.165) is 67.0 Å². The number of hydrogen-bond acceptors (Lipinski definition) is 9. The Morgan fingerprint density at radius 1 is 0.855 bits per heavy atom. The van der Waals surface area contributed by atoms with Gasteiger partial charge >= 0.3 is 0 Å². The van der Waals surface area contributed by atoms with Crippen LogP contribution in [0.5, 0.6) is 11.5 Å². The summed E-state index contributed by atoms with van der Waals surface area (Å²) in [4.78, 5) is 18.1. The fraction of sp³-hybridized carbons (Fsp3) is 0.561. The van der Waals surface area contributed by atoms with Gasteiger partial charge in [0.05, 0.1) is 25.0 Å². The molecule has 55 heavy (non-hydrogen) atoms. The lowest BCUT2D eigenvalue weighted by Gasteiger charge is -2.23. The lowest BCUT2D eigenvalue weighted by molar-refractivity contribution is -0.125. The van der Waals surface area contributed by atoms with E-state index < -0.39 is 6.04 Å². The number of aliphatic imine (C=N–C) groups is 1. The average Bonchev–Trinajstić information content (AvgIpc) is 3.84. The van der Waals surface area contributed by atoms with E-state index in [1.165, 1.54) is 32.1 Å². The van der Waals surface area contributed by atoms with Crippen molar-refractivity contribution < 1.29 is 14.3 Å². The molecule has 1 aliphatic rings. The highest BCUT2D eigenvalue weighted by molar-refractivity contribution is 5.80. The topological polar surface area (TPSA) is 199 Å². The van der Waals surface area contributed by atoms with E-state index in [2.05, 4.69) is 56.9 Å². The van der Waals surface area contributed by atoms with Gasteiger partial charge in [0, 0.05) is 18.8 Å². The molecule has 2 atom stereocenters. The summed E-state index contributed by atoms with van der Waals surface area (Å²) in [5.74, 6) is 2.76. The van der Waals surface area contributed by atoms with Gasteiger partial charge in [-0.3, -0.25) is 14.5 Å². The molecule has 7 N–H and O–H groups in total. The van der Waals surface area contributed by atoms with Gasteiger partial charge in [0.2, 0.25) is 5.91 Å². The van der Waals surface area contributed by atoms with E-state index >= 15 is 0 Å². The van der Waals surface area contributed by atoms with Gasteiger partial charge in [0.25, 0.3) is 0 Å². The van der Waals surface area contributed by atoms with Crippen molar-refractivity contribution in [2.45, 2.75) is 116 Å². The zero-order chi connectivity index (χ0) is 38.8. The van der Waals surface area contributed by atoms with Gasteiger partial charge in [0.1, 0.15) is 29.8 Å². The van der Waals surface area contributed by atoms with Crippen LogP contribution in [0.1, 0.15) is 102 Å². The second kappa shape index (κ2) is 21.8. The quantitative estimate of drug-likeness (QED) is 0.0422. The number of rotatable bonds is 23. The molecule has 14 heteroatoms. The summed E-state index contributed by atoms with van der Waals surface area (Å²) < 4.78 is 15.4. The highest BCUT2D eigenvalue weighted by Gasteiger charge is 2.26. The maximum Gasteiger partial charge on any atom is 0.245 e. The third kappa shape index (κ3) is 14.0. The number of carbonyl (C=O) groups is 1. The summed E-state index contributed by atoms with van der Waals surface area (Å²) in [5.41, 5.74) is 20.7. The van der Waals surface area contributed by atoms with E-state index in [-0.39, 0.29) is 24.5 Å². The number of hydrogen-bond donors (Lipinski definition) is 4. The molecule has 298 valence electrons. The van der Waals surface area contributed by atoms with Gasteiger partial charge in [-0.2, -0.15) is 0 Å². The molecule has 0 radical (unpaired) electrons. The van der Waals surface area contributed by atoms with Crippen molar-refractivity contribution in [2.75, 3.05) is 19.7 Å². The van der Waals surface area contributed by atoms with Crippen molar-refractivity contribution >= 4 is 11.9 Å². The molecule has 1 fully saturated rings. The number of guanidine groups is 1. The van der Waals surface area contributed by atoms with Crippen molar-refractivity contribution in [1.82, 2.24) is 35.3 Å². The van der Waals surface area contributed by atoms with E-state index in [9.17, 15) is 4.79 Å². The number of benzene rings is 2. The van der Waals surface area contributed by atoms with Gasteiger partial charge in [-0.05, 0) is 92.3 Å². The Bertz CT molecular complexity index is 1730. The van der Waals surface area contributed by atoms with Crippen molar-refractivity contribution in [3.05, 3.63) is 72.3 Å².